The van der Waals surface area contributed by atoms with Gasteiger partial charge in [-0.15, -0.1) is 0 Å². The molecule has 1 N–H and O–H groups in total. The number of alkyl halides is 3. The lowest BCUT2D eigenvalue weighted by atomic mass is 10.1. The van der Waals surface area contributed by atoms with Crippen molar-refractivity contribution in [3.63, 3.8) is 0 Å². The van der Waals surface area contributed by atoms with Gasteiger partial charge >= 0.3 is 12.1 Å². The Morgan fingerprint density at radius 3 is 2.36 bits per heavy atom. The Labute approximate surface area is 142 Å². The van der Waals surface area contributed by atoms with Gasteiger partial charge in [0.15, 0.2) is 6.61 Å². The van der Waals surface area contributed by atoms with Crippen LogP contribution in [0.1, 0.15) is 27.0 Å². The molecular weight excluding hydrogens is 335 g/mol. The summed E-state index contributed by atoms with van der Waals surface area (Å²) in [4.78, 5) is 23.6. The molecule has 4 nitrogen and oxygen atoms in total. The number of halogens is 3. The zero-order valence-corrected chi connectivity index (χ0v) is 13.4. The largest absolute Gasteiger partial charge is 0.452 e. The second-order valence-electron chi connectivity index (χ2n) is 5.32. The Hall–Kier alpha value is -2.83. The molecule has 7 heteroatoms. The van der Waals surface area contributed by atoms with Crippen LogP contribution in [0, 0.1) is 6.92 Å². The number of carbonyl (C=O) groups excluding carboxylic acids is 2. The molecule has 0 spiro atoms. The summed E-state index contributed by atoms with van der Waals surface area (Å²) in [6, 6.07) is 11.7. The second-order valence-corrected chi connectivity index (χ2v) is 5.32. The van der Waals surface area contributed by atoms with E-state index < -0.39 is 35.8 Å². The molecule has 0 unspecified atom stereocenters. The molecule has 0 bridgehead atoms. The molecule has 0 atom stereocenters. The third kappa shape index (κ3) is 5.07. The van der Waals surface area contributed by atoms with E-state index in [9.17, 15) is 22.8 Å². The zero-order valence-electron chi connectivity index (χ0n) is 13.4. The molecule has 0 aromatic heterocycles. The van der Waals surface area contributed by atoms with Gasteiger partial charge in [-0.25, -0.2) is 4.79 Å². The minimum absolute atomic E-state index is 0.238. The Morgan fingerprint density at radius 2 is 1.68 bits per heavy atom. The maximum atomic E-state index is 12.9. The Bertz CT molecular complexity index is 772. The van der Waals surface area contributed by atoms with E-state index in [0.717, 1.165) is 23.3 Å². The van der Waals surface area contributed by atoms with Gasteiger partial charge in [-0.3, -0.25) is 4.79 Å². The van der Waals surface area contributed by atoms with Crippen molar-refractivity contribution >= 4 is 11.9 Å². The third-order valence-electron chi connectivity index (χ3n) is 3.52. The Morgan fingerprint density at radius 1 is 1.04 bits per heavy atom. The zero-order chi connectivity index (χ0) is 18.4. The van der Waals surface area contributed by atoms with Crippen LogP contribution < -0.4 is 5.32 Å². The highest BCUT2D eigenvalue weighted by Crippen LogP contribution is 2.32. The van der Waals surface area contributed by atoms with Crippen molar-refractivity contribution in [1.29, 1.82) is 0 Å². The standard InChI is InChI=1S/C18H16F3NO3/c1-12-6-2-3-7-13(12)10-22-16(23)11-25-17(24)14-8-4-5-9-15(14)18(19,20)21/h2-9H,10-11H2,1H3,(H,22,23). The first-order valence-corrected chi connectivity index (χ1v) is 7.43. The number of hydrogen-bond acceptors (Lipinski definition) is 3. The van der Waals surface area contributed by atoms with Crippen molar-refractivity contribution in [2.45, 2.75) is 19.6 Å². The average molecular weight is 351 g/mol. The van der Waals surface area contributed by atoms with Gasteiger partial charge in [0.2, 0.25) is 0 Å². The van der Waals surface area contributed by atoms with E-state index >= 15 is 0 Å². The van der Waals surface area contributed by atoms with E-state index in [1.54, 1.807) is 0 Å². The molecule has 132 valence electrons. The monoisotopic (exact) mass is 351 g/mol. The molecule has 0 saturated heterocycles. The predicted molar refractivity (Wildman–Crippen MR) is 84.8 cm³/mol. The van der Waals surface area contributed by atoms with Crippen LogP contribution in [0.2, 0.25) is 0 Å². The number of rotatable bonds is 5. The lowest BCUT2D eigenvalue weighted by Gasteiger charge is -2.12. The number of carbonyl (C=O) groups is 2. The quantitative estimate of drug-likeness (QED) is 0.839. The maximum absolute atomic E-state index is 12.9. The summed E-state index contributed by atoms with van der Waals surface area (Å²) in [5.74, 6) is -1.79. The summed E-state index contributed by atoms with van der Waals surface area (Å²) >= 11 is 0. The highest BCUT2D eigenvalue weighted by molar-refractivity contribution is 5.93. The summed E-state index contributed by atoms with van der Waals surface area (Å²) < 4.78 is 43.3. The van der Waals surface area contributed by atoms with Crippen molar-refractivity contribution in [3.05, 3.63) is 70.8 Å². The van der Waals surface area contributed by atoms with E-state index in [4.69, 9.17) is 4.74 Å². The second kappa shape index (κ2) is 7.83. The smallest absolute Gasteiger partial charge is 0.417 e. The lowest BCUT2D eigenvalue weighted by Crippen LogP contribution is -2.29. The number of ether oxygens (including phenoxy) is 1. The Kier molecular flexibility index (Phi) is 5.80. The molecule has 25 heavy (non-hydrogen) atoms. The van der Waals surface area contributed by atoms with Gasteiger partial charge in [-0.2, -0.15) is 13.2 Å². The molecule has 0 fully saturated rings. The van der Waals surface area contributed by atoms with Crippen LogP contribution in [0.3, 0.4) is 0 Å². The van der Waals surface area contributed by atoms with Crippen LogP contribution in [-0.4, -0.2) is 18.5 Å². The van der Waals surface area contributed by atoms with Gasteiger partial charge in [0.05, 0.1) is 11.1 Å². The lowest BCUT2D eigenvalue weighted by molar-refractivity contribution is -0.138. The van der Waals surface area contributed by atoms with Gasteiger partial charge in [0.25, 0.3) is 5.91 Å². The highest BCUT2D eigenvalue weighted by Gasteiger charge is 2.35. The number of aryl methyl sites for hydroxylation is 1. The third-order valence-corrected chi connectivity index (χ3v) is 3.52. The molecule has 0 aliphatic rings. The van der Waals surface area contributed by atoms with Crippen molar-refractivity contribution in [3.8, 4) is 0 Å². The summed E-state index contributed by atoms with van der Waals surface area (Å²) in [6.45, 7) is 1.47. The molecule has 0 aliphatic heterocycles. The SMILES string of the molecule is Cc1ccccc1CNC(=O)COC(=O)c1ccccc1C(F)(F)F. The highest BCUT2D eigenvalue weighted by atomic mass is 19.4. The summed E-state index contributed by atoms with van der Waals surface area (Å²) in [5.41, 5.74) is 0.158. The average Bonchev–Trinajstić information content (AvgIpc) is 2.58. The van der Waals surface area contributed by atoms with Crippen LogP contribution in [0.4, 0.5) is 13.2 Å². The van der Waals surface area contributed by atoms with E-state index in [1.807, 2.05) is 31.2 Å². The number of amides is 1. The number of nitrogens with one attached hydrogen (secondary N) is 1. The van der Waals surface area contributed by atoms with Crippen molar-refractivity contribution < 1.29 is 27.5 Å². The van der Waals surface area contributed by atoms with Crippen LogP contribution in [0.25, 0.3) is 0 Å². The molecule has 2 rings (SSSR count). The minimum Gasteiger partial charge on any atom is -0.452 e. The van der Waals surface area contributed by atoms with Gasteiger partial charge in [0, 0.05) is 6.54 Å². The van der Waals surface area contributed by atoms with E-state index in [-0.39, 0.29) is 6.54 Å². The number of hydrogen-bond donors (Lipinski definition) is 1. The molecule has 0 saturated carbocycles. The summed E-state index contributed by atoms with van der Waals surface area (Å²) in [6.07, 6.45) is -4.68. The molecular formula is C18H16F3NO3. The fourth-order valence-corrected chi connectivity index (χ4v) is 2.17. The molecule has 2 aromatic rings. The van der Waals surface area contributed by atoms with Gasteiger partial charge in [-0.05, 0) is 30.2 Å². The topological polar surface area (TPSA) is 55.4 Å². The first-order valence-electron chi connectivity index (χ1n) is 7.43. The van der Waals surface area contributed by atoms with Crippen LogP contribution >= 0.6 is 0 Å². The van der Waals surface area contributed by atoms with E-state index in [2.05, 4.69) is 5.32 Å². The van der Waals surface area contributed by atoms with Gasteiger partial charge in [0.1, 0.15) is 0 Å². The van der Waals surface area contributed by atoms with E-state index in [0.29, 0.717) is 0 Å². The first-order chi connectivity index (χ1) is 11.8. The molecule has 2 aromatic carbocycles. The van der Waals surface area contributed by atoms with E-state index in [1.165, 1.54) is 12.1 Å². The van der Waals surface area contributed by atoms with Gasteiger partial charge in [-0.1, -0.05) is 36.4 Å². The van der Waals surface area contributed by atoms with Crippen LogP contribution in [0.15, 0.2) is 48.5 Å². The fourth-order valence-electron chi connectivity index (χ4n) is 2.17. The van der Waals surface area contributed by atoms with Crippen LogP contribution in [-0.2, 0) is 22.3 Å². The van der Waals surface area contributed by atoms with Gasteiger partial charge < -0.3 is 10.1 Å². The predicted octanol–water partition coefficient (Wildman–Crippen LogP) is 3.49. The first kappa shape index (κ1) is 18.5. The van der Waals surface area contributed by atoms with Crippen molar-refractivity contribution in [1.82, 2.24) is 5.32 Å². The number of esters is 1. The molecule has 1 amide bonds. The summed E-state index contributed by atoms with van der Waals surface area (Å²) in [5, 5.41) is 2.55. The van der Waals surface area contributed by atoms with Crippen LogP contribution in [0.5, 0.6) is 0 Å². The fraction of sp³-hybridized carbons (Fsp3) is 0.222. The molecule has 0 radical (unpaired) electrons. The normalized spacial score (nSPS) is 11.0. The minimum atomic E-state index is -4.68. The summed E-state index contributed by atoms with van der Waals surface area (Å²) in [7, 11) is 0. The molecule has 0 heterocycles. The Balaban J connectivity index is 1.92. The maximum Gasteiger partial charge on any atom is 0.417 e. The number of benzene rings is 2. The van der Waals surface area contributed by atoms with Crippen molar-refractivity contribution in [2.75, 3.05) is 6.61 Å². The molecule has 0 aliphatic carbocycles. The van der Waals surface area contributed by atoms with Crippen molar-refractivity contribution in [2.24, 2.45) is 0 Å².